The largest absolute Gasteiger partial charge is 0.355 e. The second-order valence-electron chi connectivity index (χ2n) is 5.07. The highest BCUT2D eigenvalue weighted by atomic mass is 79.9. The summed E-state index contributed by atoms with van der Waals surface area (Å²) in [5, 5.41) is 5.97. The molecule has 1 aliphatic heterocycles. The third kappa shape index (κ3) is 3.63. The number of amides is 2. The molecule has 1 fully saturated rings. The summed E-state index contributed by atoms with van der Waals surface area (Å²) in [4.78, 5) is 26.5. The number of nitrogens with zero attached hydrogens (tertiary/aromatic N) is 1. The van der Waals surface area contributed by atoms with Gasteiger partial charge in [-0.2, -0.15) is 0 Å². The molecule has 1 aromatic rings. The SMILES string of the molecule is CCNC(=O)C1CNCCN1C(=O)c1ccc(Br)cc1C. The maximum atomic E-state index is 12.8. The van der Waals surface area contributed by atoms with E-state index in [0.29, 0.717) is 31.7 Å². The molecular formula is C15H20BrN3O2. The molecule has 0 spiro atoms. The Bertz CT molecular complexity index is 548. The van der Waals surface area contributed by atoms with Crippen molar-refractivity contribution in [2.24, 2.45) is 0 Å². The van der Waals surface area contributed by atoms with Gasteiger partial charge in [0.25, 0.3) is 5.91 Å². The van der Waals surface area contributed by atoms with E-state index >= 15 is 0 Å². The number of hydrogen-bond acceptors (Lipinski definition) is 3. The lowest BCUT2D eigenvalue weighted by Gasteiger charge is -2.35. The molecule has 21 heavy (non-hydrogen) atoms. The first-order valence-corrected chi connectivity index (χ1v) is 7.89. The number of aryl methyl sites for hydroxylation is 1. The number of likely N-dealkylation sites (N-methyl/N-ethyl adjacent to an activating group) is 1. The van der Waals surface area contributed by atoms with Gasteiger partial charge < -0.3 is 15.5 Å². The smallest absolute Gasteiger partial charge is 0.254 e. The van der Waals surface area contributed by atoms with Gasteiger partial charge >= 0.3 is 0 Å². The first kappa shape index (κ1) is 16.0. The van der Waals surface area contributed by atoms with Crippen LogP contribution in [0.3, 0.4) is 0 Å². The van der Waals surface area contributed by atoms with E-state index in [-0.39, 0.29) is 11.8 Å². The van der Waals surface area contributed by atoms with Crippen LogP contribution in [0.15, 0.2) is 22.7 Å². The Labute approximate surface area is 133 Å². The molecule has 0 aliphatic carbocycles. The molecule has 5 nitrogen and oxygen atoms in total. The third-order valence-corrected chi connectivity index (χ3v) is 4.07. The van der Waals surface area contributed by atoms with Crippen molar-refractivity contribution >= 4 is 27.7 Å². The van der Waals surface area contributed by atoms with E-state index in [4.69, 9.17) is 0 Å². The predicted molar refractivity (Wildman–Crippen MR) is 85.3 cm³/mol. The Morgan fingerprint density at radius 3 is 2.90 bits per heavy atom. The fourth-order valence-electron chi connectivity index (χ4n) is 2.50. The maximum Gasteiger partial charge on any atom is 0.254 e. The van der Waals surface area contributed by atoms with Crippen LogP contribution in [0, 0.1) is 6.92 Å². The average Bonchev–Trinajstić information content (AvgIpc) is 2.47. The average molecular weight is 354 g/mol. The molecule has 0 bridgehead atoms. The Morgan fingerprint density at radius 2 is 2.24 bits per heavy atom. The molecular weight excluding hydrogens is 334 g/mol. The Balaban J connectivity index is 2.24. The van der Waals surface area contributed by atoms with E-state index in [1.54, 1.807) is 11.0 Å². The molecule has 1 atom stereocenters. The van der Waals surface area contributed by atoms with Crippen LogP contribution in [0.25, 0.3) is 0 Å². The summed E-state index contributed by atoms with van der Waals surface area (Å²) in [7, 11) is 0. The molecule has 1 heterocycles. The molecule has 2 amide bonds. The molecule has 1 aliphatic rings. The molecule has 6 heteroatoms. The van der Waals surface area contributed by atoms with Crippen LogP contribution >= 0.6 is 15.9 Å². The molecule has 2 N–H and O–H groups in total. The van der Waals surface area contributed by atoms with Crippen molar-refractivity contribution < 1.29 is 9.59 Å². The zero-order chi connectivity index (χ0) is 15.4. The van der Waals surface area contributed by atoms with Crippen molar-refractivity contribution in [3.05, 3.63) is 33.8 Å². The molecule has 0 aromatic heterocycles. The molecule has 1 aromatic carbocycles. The first-order valence-electron chi connectivity index (χ1n) is 7.10. The van der Waals surface area contributed by atoms with Crippen molar-refractivity contribution in [1.82, 2.24) is 15.5 Å². The summed E-state index contributed by atoms with van der Waals surface area (Å²) >= 11 is 3.40. The quantitative estimate of drug-likeness (QED) is 0.861. The molecule has 1 saturated heterocycles. The number of carbonyl (C=O) groups is 2. The zero-order valence-corrected chi connectivity index (χ0v) is 13.9. The monoisotopic (exact) mass is 353 g/mol. The van der Waals surface area contributed by atoms with Gasteiger partial charge in [0.1, 0.15) is 6.04 Å². The van der Waals surface area contributed by atoms with Crippen molar-refractivity contribution in [3.63, 3.8) is 0 Å². The van der Waals surface area contributed by atoms with Crippen LogP contribution in [-0.2, 0) is 4.79 Å². The van der Waals surface area contributed by atoms with Gasteiger partial charge in [0.2, 0.25) is 5.91 Å². The van der Waals surface area contributed by atoms with Crippen LogP contribution in [0.4, 0.5) is 0 Å². The molecule has 0 radical (unpaired) electrons. The van der Waals surface area contributed by atoms with Gasteiger partial charge in [0, 0.05) is 36.2 Å². The minimum atomic E-state index is -0.450. The fraction of sp³-hybridized carbons (Fsp3) is 0.467. The number of hydrogen-bond donors (Lipinski definition) is 2. The number of piperazine rings is 1. The predicted octanol–water partition coefficient (Wildman–Crippen LogP) is 1.31. The fourth-order valence-corrected chi connectivity index (χ4v) is 2.97. The van der Waals surface area contributed by atoms with Crippen LogP contribution in [0.1, 0.15) is 22.8 Å². The van der Waals surface area contributed by atoms with Crippen molar-refractivity contribution in [2.75, 3.05) is 26.2 Å². The van der Waals surface area contributed by atoms with Gasteiger partial charge in [-0.15, -0.1) is 0 Å². The lowest BCUT2D eigenvalue weighted by Crippen LogP contribution is -2.59. The van der Waals surface area contributed by atoms with E-state index in [1.165, 1.54) is 0 Å². The molecule has 1 unspecified atom stereocenters. The molecule has 114 valence electrons. The van der Waals surface area contributed by atoms with E-state index in [1.807, 2.05) is 26.0 Å². The second-order valence-corrected chi connectivity index (χ2v) is 5.99. The Morgan fingerprint density at radius 1 is 1.48 bits per heavy atom. The first-order chi connectivity index (χ1) is 10.0. The summed E-state index contributed by atoms with van der Waals surface area (Å²) in [5.74, 6) is -0.189. The minimum Gasteiger partial charge on any atom is -0.355 e. The van der Waals surface area contributed by atoms with E-state index in [9.17, 15) is 9.59 Å². The lowest BCUT2D eigenvalue weighted by molar-refractivity contribution is -0.126. The lowest BCUT2D eigenvalue weighted by atomic mass is 10.1. The van der Waals surface area contributed by atoms with Gasteiger partial charge in [-0.05, 0) is 37.6 Å². The minimum absolute atomic E-state index is 0.0854. The van der Waals surface area contributed by atoms with Crippen molar-refractivity contribution in [1.29, 1.82) is 0 Å². The van der Waals surface area contributed by atoms with Crippen LogP contribution in [0.5, 0.6) is 0 Å². The van der Waals surface area contributed by atoms with Gasteiger partial charge in [0.05, 0.1) is 0 Å². The number of benzene rings is 1. The maximum absolute atomic E-state index is 12.8. The number of rotatable bonds is 3. The summed E-state index contributed by atoms with van der Waals surface area (Å²) in [6, 6.07) is 5.12. The number of halogens is 1. The standard InChI is InChI=1S/C15H20BrN3O2/c1-3-18-14(20)13-9-17-6-7-19(13)15(21)12-5-4-11(16)8-10(12)2/h4-5,8,13,17H,3,6-7,9H2,1-2H3,(H,18,20). The van der Waals surface area contributed by atoms with Gasteiger partial charge in [-0.25, -0.2) is 0 Å². The van der Waals surface area contributed by atoms with Gasteiger partial charge in [-0.3, -0.25) is 9.59 Å². The summed E-state index contributed by atoms with van der Waals surface area (Å²) in [6.07, 6.45) is 0. The van der Waals surface area contributed by atoms with Gasteiger partial charge in [-0.1, -0.05) is 15.9 Å². The highest BCUT2D eigenvalue weighted by Gasteiger charge is 2.32. The van der Waals surface area contributed by atoms with E-state index in [2.05, 4.69) is 26.6 Å². The van der Waals surface area contributed by atoms with Crippen LogP contribution in [-0.4, -0.2) is 48.9 Å². The number of nitrogens with one attached hydrogen (secondary N) is 2. The summed E-state index contributed by atoms with van der Waals surface area (Å²) in [6.45, 7) is 6.08. The van der Waals surface area contributed by atoms with Gasteiger partial charge in [0.15, 0.2) is 0 Å². The van der Waals surface area contributed by atoms with Crippen LogP contribution < -0.4 is 10.6 Å². The normalized spacial score (nSPS) is 18.4. The zero-order valence-electron chi connectivity index (χ0n) is 12.3. The summed E-state index contributed by atoms with van der Waals surface area (Å²) in [5.41, 5.74) is 1.55. The number of carbonyl (C=O) groups excluding carboxylic acids is 2. The Hall–Kier alpha value is -1.40. The highest BCUT2D eigenvalue weighted by Crippen LogP contribution is 2.19. The highest BCUT2D eigenvalue weighted by molar-refractivity contribution is 9.10. The van der Waals surface area contributed by atoms with Crippen molar-refractivity contribution in [2.45, 2.75) is 19.9 Å². The molecule has 2 rings (SSSR count). The second kappa shape index (κ2) is 7.04. The van der Waals surface area contributed by atoms with E-state index in [0.717, 1.165) is 10.0 Å². The van der Waals surface area contributed by atoms with Crippen LogP contribution in [0.2, 0.25) is 0 Å². The van der Waals surface area contributed by atoms with E-state index < -0.39 is 6.04 Å². The third-order valence-electron chi connectivity index (χ3n) is 3.58. The summed E-state index contributed by atoms with van der Waals surface area (Å²) < 4.78 is 0.942. The molecule has 0 saturated carbocycles. The topological polar surface area (TPSA) is 61.4 Å². The Kier molecular flexibility index (Phi) is 5.36. The van der Waals surface area contributed by atoms with Crippen molar-refractivity contribution in [3.8, 4) is 0 Å².